The van der Waals surface area contributed by atoms with Gasteiger partial charge in [0, 0.05) is 16.5 Å². The molecule has 0 aliphatic carbocycles. The second-order valence-electron chi connectivity index (χ2n) is 5.55. The van der Waals surface area contributed by atoms with Crippen molar-refractivity contribution in [2.75, 3.05) is 17.7 Å². The summed E-state index contributed by atoms with van der Waals surface area (Å²) in [5, 5.41) is 13.3. The maximum absolute atomic E-state index is 5.85. The van der Waals surface area contributed by atoms with Gasteiger partial charge in [-0.15, -0.1) is 10.2 Å². The van der Waals surface area contributed by atoms with Gasteiger partial charge in [0.15, 0.2) is 4.34 Å². The molecule has 0 amide bonds. The number of ether oxygens (including phenoxy) is 1. The summed E-state index contributed by atoms with van der Waals surface area (Å²) in [5.41, 5.74) is 2.36. The molecule has 2 aromatic carbocycles. The molecule has 0 aliphatic rings. The van der Waals surface area contributed by atoms with Crippen molar-refractivity contribution in [2.45, 2.75) is 24.1 Å². The third-order valence-electron chi connectivity index (χ3n) is 3.62. The fraction of sp³-hybridized carbons (Fsp3) is 0.263. The van der Waals surface area contributed by atoms with Crippen molar-refractivity contribution in [1.29, 1.82) is 0 Å². The van der Waals surface area contributed by atoms with Crippen LogP contribution in [0.2, 0.25) is 5.02 Å². The minimum atomic E-state index is 0.669. The molecule has 0 atom stereocenters. The van der Waals surface area contributed by atoms with E-state index in [1.165, 1.54) is 5.56 Å². The number of nitrogens with zero attached hydrogens (tertiary/aromatic N) is 2. The summed E-state index contributed by atoms with van der Waals surface area (Å²) in [7, 11) is 0. The van der Waals surface area contributed by atoms with Crippen molar-refractivity contribution in [3.63, 3.8) is 0 Å². The second kappa shape index (κ2) is 9.80. The largest absolute Gasteiger partial charge is 0.494 e. The summed E-state index contributed by atoms with van der Waals surface area (Å²) in [6.45, 7) is 2.82. The number of hydrogen-bond donors (Lipinski definition) is 1. The highest BCUT2D eigenvalue weighted by molar-refractivity contribution is 8.01. The van der Waals surface area contributed by atoms with E-state index in [2.05, 4.69) is 46.7 Å². The van der Waals surface area contributed by atoms with Gasteiger partial charge in [0.2, 0.25) is 5.13 Å². The van der Waals surface area contributed by atoms with Crippen molar-refractivity contribution in [3.05, 3.63) is 59.1 Å². The number of aryl methyl sites for hydroxylation is 1. The molecule has 1 N–H and O–H groups in total. The van der Waals surface area contributed by atoms with Crippen LogP contribution in [0.4, 0.5) is 10.8 Å². The number of thioether (sulfide) groups is 1. The van der Waals surface area contributed by atoms with Crippen molar-refractivity contribution >= 4 is 45.5 Å². The molecule has 0 saturated carbocycles. The van der Waals surface area contributed by atoms with E-state index in [0.29, 0.717) is 6.61 Å². The molecule has 1 heterocycles. The average molecular weight is 406 g/mol. The Kier molecular flexibility index (Phi) is 7.17. The van der Waals surface area contributed by atoms with Crippen LogP contribution in [-0.2, 0) is 6.42 Å². The first-order valence-electron chi connectivity index (χ1n) is 8.43. The van der Waals surface area contributed by atoms with Crippen molar-refractivity contribution in [2.24, 2.45) is 0 Å². The van der Waals surface area contributed by atoms with Gasteiger partial charge in [0.05, 0.1) is 6.61 Å². The van der Waals surface area contributed by atoms with E-state index >= 15 is 0 Å². The first-order chi connectivity index (χ1) is 12.7. The average Bonchev–Trinajstić information content (AvgIpc) is 3.11. The number of anilines is 2. The molecule has 3 aromatic rings. The summed E-state index contributed by atoms with van der Waals surface area (Å²) in [4.78, 5) is 0. The lowest BCUT2D eigenvalue weighted by atomic mass is 10.1. The van der Waals surface area contributed by atoms with Crippen LogP contribution in [-0.4, -0.2) is 22.6 Å². The third kappa shape index (κ3) is 5.90. The Bertz CT molecular complexity index is 806. The van der Waals surface area contributed by atoms with Gasteiger partial charge in [-0.3, -0.25) is 0 Å². The van der Waals surface area contributed by atoms with Gasteiger partial charge in [0.1, 0.15) is 5.75 Å². The Morgan fingerprint density at radius 3 is 2.58 bits per heavy atom. The highest BCUT2D eigenvalue weighted by atomic mass is 35.5. The molecule has 0 bridgehead atoms. The molecule has 26 heavy (non-hydrogen) atoms. The molecule has 3 rings (SSSR count). The van der Waals surface area contributed by atoms with Crippen LogP contribution < -0.4 is 10.1 Å². The van der Waals surface area contributed by atoms with Gasteiger partial charge in [-0.25, -0.2) is 0 Å². The normalized spacial score (nSPS) is 10.7. The molecule has 1 aromatic heterocycles. The molecule has 0 radical (unpaired) electrons. The molecule has 0 fully saturated rings. The van der Waals surface area contributed by atoms with E-state index in [-0.39, 0.29) is 0 Å². The predicted octanol–water partition coefficient (Wildman–Crippen LogP) is 6.06. The summed E-state index contributed by atoms with van der Waals surface area (Å²) in [6, 6.07) is 15.8. The van der Waals surface area contributed by atoms with Crippen molar-refractivity contribution in [3.8, 4) is 5.75 Å². The Morgan fingerprint density at radius 2 is 1.85 bits per heavy atom. The number of aromatic nitrogens is 2. The number of hydrogen-bond acceptors (Lipinski definition) is 6. The molecule has 0 spiro atoms. The van der Waals surface area contributed by atoms with Crippen LogP contribution in [0.3, 0.4) is 0 Å². The fourth-order valence-corrected chi connectivity index (χ4v) is 4.09. The summed E-state index contributed by atoms with van der Waals surface area (Å²) >= 11 is 9.12. The summed E-state index contributed by atoms with van der Waals surface area (Å²) < 4.78 is 6.65. The van der Waals surface area contributed by atoms with Crippen LogP contribution in [0.1, 0.15) is 18.9 Å². The van der Waals surface area contributed by atoms with Gasteiger partial charge < -0.3 is 10.1 Å². The smallest absolute Gasteiger partial charge is 0.210 e. The molecular formula is C19H20ClN3OS2. The Hall–Kier alpha value is -1.76. The van der Waals surface area contributed by atoms with Gasteiger partial charge in [-0.05, 0) is 54.8 Å². The third-order valence-corrected chi connectivity index (χ3v) is 5.93. The second-order valence-corrected chi connectivity index (χ2v) is 8.31. The zero-order chi connectivity index (χ0) is 18.2. The Morgan fingerprint density at radius 1 is 1.08 bits per heavy atom. The summed E-state index contributed by atoms with van der Waals surface area (Å²) in [5.74, 6) is 1.78. The molecule has 4 nitrogen and oxygen atoms in total. The molecular weight excluding hydrogens is 386 g/mol. The van der Waals surface area contributed by atoms with Crippen LogP contribution in [0.25, 0.3) is 0 Å². The van der Waals surface area contributed by atoms with Crippen LogP contribution in [0.5, 0.6) is 5.75 Å². The van der Waals surface area contributed by atoms with Gasteiger partial charge >= 0.3 is 0 Å². The Balaban J connectivity index is 1.38. The number of nitrogens with one attached hydrogen (secondary N) is 1. The molecule has 136 valence electrons. The first kappa shape index (κ1) is 19.0. The predicted molar refractivity (Wildman–Crippen MR) is 111 cm³/mol. The fourth-order valence-electron chi connectivity index (χ4n) is 2.21. The first-order valence-corrected chi connectivity index (χ1v) is 10.6. The zero-order valence-corrected chi connectivity index (χ0v) is 16.8. The monoisotopic (exact) mass is 405 g/mol. The van der Waals surface area contributed by atoms with E-state index in [1.54, 1.807) is 23.1 Å². The lowest BCUT2D eigenvalue weighted by Crippen LogP contribution is -1.98. The lowest BCUT2D eigenvalue weighted by molar-refractivity contribution is 0.319. The number of halogens is 1. The van der Waals surface area contributed by atoms with E-state index in [0.717, 1.165) is 44.5 Å². The van der Waals surface area contributed by atoms with E-state index in [4.69, 9.17) is 16.3 Å². The highest BCUT2D eigenvalue weighted by Crippen LogP contribution is 2.28. The minimum absolute atomic E-state index is 0.669. The highest BCUT2D eigenvalue weighted by Gasteiger charge is 2.05. The summed E-state index contributed by atoms with van der Waals surface area (Å²) in [6.07, 6.45) is 1.98. The topological polar surface area (TPSA) is 47.0 Å². The maximum atomic E-state index is 5.85. The number of rotatable bonds is 9. The molecule has 7 heteroatoms. The van der Waals surface area contributed by atoms with Gasteiger partial charge in [-0.2, -0.15) is 0 Å². The standard InChI is InChI=1S/C19H20ClN3OS2/c1-2-14-4-8-16(9-5-14)21-18-22-23-19(26-18)25-13-3-12-24-17-10-6-15(20)7-11-17/h4-11H,2-3,12-13H2,1H3,(H,21,22). The Labute approximate surface area is 167 Å². The van der Waals surface area contributed by atoms with Crippen LogP contribution in [0.15, 0.2) is 52.9 Å². The van der Waals surface area contributed by atoms with E-state index < -0.39 is 0 Å². The SMILES string of the molecule is CCc1ccc(Nc2nnc(SCCCOc3ccc(Cl)cc3)s2)cc1. The van der Waals surface area contributed by atoms with Gasteiger partial charge in [0.25, 0.3) is 0 Å². The maximum Gasteiger partial charge on any atom is 0.210 e. The van der Waals surface area contributed by atoms with Crippen molar-refractivity contribution in [1.82, 2.24) is 10.2 Å². The number of benzene rings is 2. The minimum Gasteiger partial charge on any atom is -0.494 e. The van der Waals surface area contributed by atoms with Crippen molar-refractivity contribution < 1.29 is 4.74 Å². The van der Waals surface area contributed by atoms with Crippen LogP contribution >= 0.6 is 34.7 Å². The van der Waals surface area contributed by atoms with Crippen LogP contribution in [0, 0.1) is 0 Å². The van der Waals surface area contributed by atoms with E-state index in [9.17, 15) is 0 Å². The quantitative estimate of drug-likeness (QED) is 0.346. The van der Waals surface area contributed by atoms with Gasteiger partial charge in [-0.1, -0.05) is 53.8 Å². The molecule has 0 aliphatic heterocycles. The lowest BCUT2D eigenvalue weighted by Gasteiger charge is -2.05. The zero-order valence-electron chi connectivity index (χ0n) is 14.4. The molecule has 0 unspecified atom stereocenters. The van der Waals surface area contributed by atoms with E-state index in [1.807, 2.05) is 24.3 Å². The molecule has 0 saturated heterocycles.